The van der Waals surface area contributed by atoms with Crippen LogP contribution in [0.2, 0.25) is 0 Å². The lowest BCUT2D eigenvalue weighted by atomic mass is 10.2. The predicted molar refractivity (Wildman–Crippen MR) is 43.7 cm³/mol. The van der Waals surface area contributed by atoms with Crippen molar-refractivity contribution in [3.05, 3.63) is 0 Å². The first-order valence-electron chi connectivity index (χ1n) is 2.67. The first-order valence-corrected chi connectivity index (χ1v) is 3.92. The second-order valence-electron chi connectivity index (χ2n) is 1.96. The van der Waals surface area contributed by atoms with Crippen LogP contribution in [0.3, 0.4) is 0 Å². The van der Waals surface area contributed by atoms with Crippen molar-refractivity contribution in [1.29, 1.82) is 0 Å². The van der Waals surface area contributed by atoms with Gasteiger partial charge in [0.25, 0.3) is 0 Å². The van der Waals surface area contributed by atoms with Gasteiger partial charge in [0.15, 0.2) is 0 Å². The Morgan fingerprint density at radius 1 is 1.89 bits per heavy atom. The quantitative estimate of drug-likeness (QED) is 0.489. The minimum absolute atomic E-state index is 0.0139. The van der Waals surface area contributed by atoms with Gasteiger partial charge in [-0.2, -0.15) is 5.10 Å². The molecule has 0 aromatic rings. The zero-order valence-corrected chi connectivity index (χ0v) is 7.18. The van der Waals surface area contributed by atoms with Crippen LogP contribution in [-0.4, -0.2) is 15.5 Å². The molecule has 0 aromatic carbocycles. The Labute approximate surface area is 67.0 Å². The Kier molecular flexibility index (Phi) is 2.05. The van der Waals surface area contributed by atoms with Gasteiger partial charge >= 0.3 is 0 Å². The number of hydrogen-bond donors (Lipinski definition) is 1. The molecule has 1 amide bonds. The summed E-state index contributed by atoms with van der Waals surface area (Å²) < 4.78 is 0.288. The van der Waals surface area contributed by atoms with Gasteiger partial charge < -0.3 is 0 Å². The number of alkyl halides is 1. The number of nitrogens with one attached hydrogen (secondary N) is 1. The van der Waals surface area contributed by atoms with Gasteiger partial charge in [-0.25, -0.2) is 5.43 Å². The zero-order chi connectivity index (χ0) is 6.85. The van der Waals surface area contributed by atoms with E-state index in [1.807, 2.05) is 6.92 Å². The monoisotopic (exact) mass is 238 g/mol. The number of carbonyl (C=O) groups is 1. The summed E-state index contributed by atoms with van der Waals surface area (Å²) in [6.45, 7) is 1.91. The van der Waals surface area contributed by atoms with E-state index in [1.165, 1.54) is 0 Å². The molecule has 1 aliphatic rings. The molecule has 50 valence electrons. The third-order valence-corrected chi connectivity index (χ3v) is 2.52. The topological polar surface area (TPSA) is 41.5 Å². The number of hydrogen-bond acceptors (Lipinski definition) is 2. The molecular weight excluding hydrogens is 231 g/mol. The summed E-state index contributed by atoms with van der Waals surface area (Å²) in [7, 11) is 0. The van der Waals surface area contributed by atoms with Crippen LogP contribution < -0.4 is 5.43 Å². The minimum Gasteiger partial charge on any atom is -0.273 e. The largest absolute Gasteiger partial charge is 0.273 e. The van der Waals surface area contributed by atoms with Gasteiger partial charge in [-0.1, -0.05) is 22.6 Å². The molecule has 1 unspecified atom stereocenters. The van der Waals surface area contributed by atoms with Crippen molar-refractivity contribution < 1.29 is 4.79 Å². The summed E-state index contributed by atoms with van der Waals surface area (Å²) in [5.74, 6) is 0.0139. The molecule has 0 fully saturated rings. The second kappa shape index (κ2) is 2.64. The molecular formula is C5H7IN2O. The number of carbonyl (C=O) groups excluding carboxylic acids is 1. The van der Waals surface area contributed by atoms with Crippen LogP contribution in [0.25, 0.3) is 0 Å². The maximum absolute atomic E-state index is 10.6. The molecule has 0 bridgehead atoms. The Hall–Kier alpha value is -0.130. The van der Waals surface area contributed by atoms with Gasteiger partial charge in [0.2, 0.25) is 5.91 Å². The summed E-state index contributed by atoms with van der Waals surface area (Å²) in [6.07, 6.45) is 0.565. The van der Waals surface area contributed by atoms with Crippen molar-refractivity contribution in [3.63, 3.8) is 0 Å². The molecule has 1 N–H and O–H groups in total. The standard InChI is InChI=1S/C5H7IN2O/c1-3-4(6)2-5(9)8-7-3/h4H,2H2,1H3,(H,8,9). The van der Waals surface area contributed by atoms with E-state index < -0.39 is 0 Å². The Bertz CT molecular complexity index is 166. The van der Waals surface area contributed by atoms with Crippen LogP contribution in [0, 0.1) is 0 Å². The minimum atomic E-state index is 0.0139. The molecule has 9 heavy (non-hydrogen) atoms. The van der Waals surface area contributed by atoms with E-state index in [0.29, 0.717) is 6.42 Å². The van der Waals surface area contributed by atoms with Gasteiger partial charge in [0.1, 0.15) is 0 Å². The van der Waals surface area contributed by atoms with Crippen molar-refractivity contribution in [2.24, 2.45) is 5.10 Å². The number of rotatable bonds is 0. The zero-order valence-electron chi connectivity index (χ0n) is 5.02. The summed E-state index contributed by atoms with van der Waals surface area (Å²) in [5.41, 5.74) is 3.40. The number of nitrogens with zero attached hydrogens (tertiary/aromatic N) is 1. The summed E-state index contributed by atoms with van der Waals surface area (Å²) in [6, 6.07) is 0. The molecule has 0 radical (unpaired) electrons. The molecule has 0 saturated carbocycles. The molecule has 1 aliphatic heterocycles. The molecule has 4 heteroatoms. The van der Waals surface area contributed by atoms with Crippen LogP contribution in [0.15, 0.2) is 5.10 Å². The van der Waals surface area contributed by atoms with Gasteiger partial charge in [-0.15, -0.1) is 0 Å². The molecule has 3 nitrogen and oxygen atoms in total. The van der Waals surface area contributed by atoms with E-state index in [0.717, 1.165) is 5.71 Å². The van der Waals surface area contributed by atoms with E-state index >= 15 is 0 Å². The summed E-state index contributed by atoms with van der Waals surface area (Å²) in [5, 5.41) is 3.80. The van der Waals surface area contributed by atoms with Gasteiger partial charge in [-0.05, 0) is 6.92 Å². The van der Waals surface area contributed by atoms with Crippen LogP contribution in [0.1, 0.15) is 13.3 Å². The van der Waals surface area contributed by atoms with E-state index in [9.17, 15) is 4.79 Å². The summed E-state index contributed by atoms with van der Waals surface area (Å²) >= 11 is 2.21. The molecule has 0 aliphatic carbocycles. The lowest BCUT2D eigenvalue weighted by Gasteiger charge is -2.13. The molecule has 1 rings (SSSR count). The fourth-order valence-electron chi connectivity index (χ4n) is 0.577. The third-order valence-electron chi connectivity index (χ3n) is 1.17. The molecule has 0 spiro atoms. The Balaban J connectivity index is 2.67. The summed E-state index contributed by atoms with van der Waals surface area (Å²) in [4.78, 5) is 10.6. The second-order valence-corrected chi connectivity index (χ2v) is 3.46. The highest BCUT2D eigenvalue weighted by Gasteiger charge is 2.17. The fourth-order valence-corrected chi connectivity index (χ4v) is 1.12. The average Bonchev–Trinajstić information content (AvgIpc) is 1.80. The van der Waals surface area contributed by atoms with Crippen molar-refractivity contribution in [2.75, 3.05) is 0 Å². The van der Waals surface area contributed by atoms with Crippen LogP contribution in [0.5, 0.6) is 0 Å². The van der Waals surface area contributed by atoms with E-state index in [4.69, 9.17) is 0 Å². The Morgan fingerprint density at radius 3 is 3.00 bits per heavy atom. The van der Waals surface area contributed by atoms with E-state index in [-0.39, 0.29) is 9.83 Å². The van der Waals surface area contributed by atoms with Crippen molar-refractivity contribution in [3.8, 4) is 0 Å². The normalized spacial score (nSPS) is 27.1. The first-order chi connectivity index (χ1) is 4.20. The smallest absolute Gasteiger partial charge is 0.241 e. The fraction of sp³-hybridized carbons (Fsp3) is 0.600. The third kappa shape index (κ3) is 1.64. The highest BCUT2D eigenvalue weighted by Crippen LogP contribution is 2.10. The van der Waals surface area contributed by atoms with Crippen molar-refractivity contribution in [2.45, 2.75) is 17.3 Å². The maximum atomic E-state index is 10.6. The van der Waals surface area contributed by atoms with Gasteiger partial charge in [-0.3, -0.25) is 4.79 Å². The molecule has 1 heterocycles. The van der Waals surface area contributed by atoms with Gasteiger partial charge in [0, 0.05) is 12.1 Å². The molecule has 0 saturated heterocycles. The lowest BCUT2D eigenvalue weighted by Crippen LogP contribution is -2.31. The molecule has 1 atom stereocenters. The Morgan fingerprint density at radius 2 is 2.56 bits per heavy atom. The van der Waals surface area contributed by atoms with Crippen molar-refractivity contribution in [1.82, 2.24) is 5.43 Å². The van der Waals surface area contributed by atoms with Crippen LogP contribution >= 0.6 is 22.6 Å². The SMILES string of the molecule is CC1=NNC(=O)CC1I. The predicted octanol–water partition coefficient (Wildman–Crippen LogP) is 0.686. The number of halogens is 1. The molecule has 0 aromatic heterocycles. The van der Waals surface area contributed by atoms with Crippen LogP contribution in [0.4, 0.5) is 0 Å². The van der Waals surface area contributed by atoms with Gasteiger partial charge in [0.05, 0.1) is 3.92 Å². The maximum Gasteiger partial charge on any atom is 0.241 e. The van der Waals surface area contributed by atoms with Crippen molar-refractivity contribution >= 4 is 34.2 Å². The number of hydrazone groups is 1. The number of amides is 1. The van der Waals surface area contributed by atoms with E-state index in [2.05, 4.69) is 33.1 Å². The lowest BCUT2D eigenvalue weighted by molar-refractivity contribution is -0.121. The van der Waals surface area contributed by atoms with E-state index in [1.54, 1.807) is 0 Å². The highest BCUT2D eigenvalue weighted by atomic mass is 127. The average molecular weight is 238 g/mol. The first kappa shape index (κ1) is 6.98. The van der Waals surface area contributed by atoms with Crippen LogP contribution in [-0.2, 0) is 4.79 Å². The highest BCUT2D eigenvalue weighted by molar-refractivity contribution is 14.1.